The fraction of sp³-hybridized carbons (Fsp3) is 0. The Morgan fingerprint density at radius 3 is 2.94 bits per heavy atom. The molecule has 80 valence electrons. The van der Waals surface area contributed by atoms with E-state index in [2.05, 4.69) is 15.0 Å². The summed E-state index contributed by atoms with van der Waals surface area (Å²) >= 11 is 2.85. The van der Waals surface area contributed by atoms with Gasteiger partial charge >= 0.3 is 0 Å². The van der Waals surface area contributed by atoms with E-state index >= 15 is 0 Å². The van der Waals surface area contributed by atoms with Gasteiger partial charge in [0.2, 0.25) is 0 Å². The van der Waals surface area contributed by atoms with E-state index in [-0.39, 0.29) is 5.75 Å². The third-order valence-corrected chi connectivity index (χ3v) is 3.89. The van der Waals surface area contributed by atoms with E-state index in [1.807, 2.05) is 0 Å². The van der Waals surface area contributed by atoms with Gasteiger partial charge < -0.3 is 10.8 Å². The number of aromatic nitrogens is 3. The molecule has 0 saturated heterocycles. The van der Waals surface area contributed by atoms with Crippen molar-refractivity contribution in [2.45, 2.75) is 0 Å². The normalized spacial score (nSPS) is 11.0. The molecular formula is C9H6N4OS2. The summed E-state index contributed by atoms with van der Waals surface area (Å²) in [4.78, 5) is 14.3. The number of hydrogen-bond acceptors (Lipinski definition) is 7. The molecule has 16 heavy (non-hydrogen) atoms. The summed E-state index contributed by atoms with van der Waals surface area (Å²) in [5, 5.41) is 10.4. The minimum Gasteiger partial charge on any atom is -0.504 e. The monoisotopic (exact) mass is 250 g/mol. The molecule has 0 aromatic carbocycles. The average Bonchev–Trinajstić information content (AvgIpc) is 2.81. The Labute approximate surface area is 98.2 Å². The summed E-state index contributed by atoms with van der Waals surface area (Å²) < 4.78 is 0. The Morgan fingerprint density at radius 1 is 1.25 bits per heavy atom. The first-order valence-electron chi connectivity index (χ1n) is 4.39. The lowest BCUT2D eigenvalue weighted by atomic mass is 10.3. The van der Waals surface area contributed by atoms with Crippen molar-refractivity contribution in [3.05, 3.63) is 17.8 Å². The summed E-state index contributed by atoms with van der Waals surface area (Å²) in [6.07, 6.45) is 1.55. The largest absolute Gasteiger partial charge is 0.504 e. The Hall–Kier alpha value is -1.73. The second-order valence-corrected chi connectivity index (χ2v) is 4.89. The Kier molecular flexibility index (Phi) is 2.01. The number of nitrogens with two attached hydrogens (primary N) is 1. The highest BCUT2D eigenvalue weighted by atomic mass is 32.1. The van der Waals surface area contributed by atoms with Crippen LogP contribution in [0.25, 0.3) is 20.4 Å². The zero-order valence-corrected chi connectivity index (χ0v) is 9.55. The minimum absolute atomic E-state index is 0.0242. The van der Waals surface area contributed by atoms with E-state index in [1.165, 1.54) is 22.7 Å². The van der Waals surface area contributed by atoms with Crippen LogP contribution in [-0.4, -0.2) is 20.1 Å². The third-order valence-electron chi connectivity index (χ3n) is 2.07. The summed E-state index contributed by atoms with van der Waals surface area (Å²) in [6.45, 7) is 0. The van der Waals surface area contributed by atoms with Gasteiger partial charge in [-0.25, -0.2) is 15.0 Å². The average molecular weight is 250 g/mol. The molecule has 0 aliphatic carbocycles. The minimum atomic E-state index is -0.0242. The van der Waals surface area contributed by atoms with E-state index in [4.69, 9.17) is 5.73 Å². The number of anilines is 1. The van der Waals surface area contributed by atoms with E-state index in [9.17, 15) is 5.11 Å². The van der Waals surface area contributed by atoms with Crippen molar-refractivity contribution in [3.8, 4) is 16.5 Å². The van der Waals surface area contributed by atoms with Crippen molar-refractivity contribution in [1.29, 1.82) is 0 Å². The van der Waals surface area contributed by atoms with E-state index in [0.29, 0.717) is 16.4 Å². The smallest absolute Gasteiger partial charge is 0.167 e. The number of nitrogen functional groups attached to an aromatic ring is 1. The zero-order chi connectivity index (χ0) is 11.1. The molecule has 3 aromatic heterocycles. The lowest BCUT2D eigenvalue weighted by molar-refractivity contribution is 0.477. The number of pyridine rings is 1. The molecule has 0 amide bonds. The summed E-state index contributed by atoms with van der Waals surface area (Å²) in [7, 11) is 0. The van der Waals surface area contributed by atoms with Gasteiger partial charge in [-0.3, -0.25) is 0 Å². The van der Waals surface area contributed by atoms with Crippen LogP contribution in [0.15, 0.2) is 17.8 Å². The summed E-state index contributed by atoms with van der Waals surface area (Å²) in [5.74, 6) is -0.0242. The molecule has 7 heteroatoms. The van der Waals surface area contributed by atoms with Gasteiger partial charge in [0.1, 0.15) is 10.7 Å². The van der Waals surface area contributed by atoms with E-state index < -0.39 is 0 Å². The molecule has 0 bridgehead atoms. The van der Waals surface area contributed by atoms with Crippen LogP contribution in [-0.2, 0) is 0 Å². The predicted octanol–water partition coefficient (Wildman–Crippen LogP) is 2.10. The van der Waals surface area contributed by atoms with E-state index in [1.54, 1.807) is 17.8 Å². The van der Waals surface area contributed by atoms with Crippen molar-refractivity contribution in [2.75, 3.05) is 5.73 Å². The fourth-order valence-corrected chi connectivity index (χ4v) is 3.06. The first kappa shape index (κ1) is 9.49. The van der Waals surface area contributed by atoms with Crippen LogP contribution >= 0.6 is 22.7 Å². The Balaban J connectivity index is 2.23. The summed E-state index contributed by atoms with van der Waals surface area (Å²) in [6, 6.07) is 1.55. The van der Waals surface area contributed by atoms with Gasteiger partial charge in [0.25, 0.3) is 0 Å². The number of hydrogen-bond donors (Lipinski definition) is 2. The lowest BCUT2D eigenvalue weighted by Crippen LogP contribution is -1.90. The molecule has 0 unspecified atom stereocenters. The molecule has 3 aromatic rings. The Bertz CT molecular complexity index is 632. The molecule has 0 fully saturated rings. The van der Waals surface area contributed by atoms with Gasteiger partial charge in [0.15, 0.2) is 15.4 Å². The van der Waals surface area contributed by atoms with Crippen molar-refractivity contribution < 1.29 is 5.11 Å². The van der Waals surface area contributed by atoms with Crippen LogP contribution in [0.4, 0.5) is 5.69 Å². The van der Waals surface area contributed by atoms with Crippen LogP contribution in [0, 0.1) is 0 Å². The number of thiazole rings is 2. The standard InChI is InChI=1S/C9H6N4OS2/c10-4-1-2-11-5(6(4)14)7-13-9-8(16-7)12-3-15-9/h1-3,14H,(H2,10,11). The second kappa shape index (κ2) is 3.39. The number of rotatable bonds is 1. The van der Waals surface area contributed by atoms with Gasteiger partial charge in [0.05, 0.1) is 11.2 Å². The highest BCUT2D eigenvalue weighted by Gasteiger charge is 2.14. The van der Waals surface area contributed by atoms with Crippen LogP contribution in [0.3, 0.4) is 0 Å². The number of fused-ring (bicyclic) bond motifs is 1. The van der Waals surface area contributed by atoms with Crippen molar-refractivity contribution in [1.82, 2.24) is 15.0 Å². The van der Waals surface area contributed by atoms with Crippen LogP contribution in [0.5, 0.6) is 5.75 Å². The van der Waals surface area contributed by atoms with E-state index in [0.717, 1.165) is 9.66 Å². The molecule has 0 atom stereocenters. The fourth-order valence-electron chi connectivity index (χ4n) is 1.31. The topological polar surface area (TPSA) is 84.9 Å². The van der Waals surface area contributed by atoms with Crippen LogP contribution in [0.1, 0.15) is 0 Å². The lowest BCUT2D eigenvalue weighted by Gasteiger charge is -2.01. The predicted molar refractivity (Wildman–Crippen MR) is 64.6 cm³/mol. The molecular weight excluding hydrogens is 244 g/mol. The maximum atomic E-state index is 9.78. The molecule has 0 spiro atoms. The maximum Gasteiger partial charge on any atom is 0.167 e. The van der Waals surface area contributed by atoms with Crippen molar-refractivity contribution >= 4 is 38.0 Å². The molecule has 0 aliphatic rings. The zero-order valence-electron chi connectivity index (χ0n) is 7.91. The molecule has 5 nitrogen and oxygen atoms in total. The van der Waals surface area contributed by atoms with Crippen LogP contribution < -0.4 is 5.73 Å². The first-order chi connectivity index (χ1) is 7.75. The Morgan fingerprint density at radius 2 is 2.12 bits per heavy atom. The first-order valence-corrected chi connectivity index (χ1v) is 6.09. The van der Waals surface area contributed by atoms with Crippen molar-refractivity contribution in [2.24, 2.45) is 0 Å². The van der Waals surface area contributed by atoms with Crippen molar-refractivity contribution in [3.63, 3.8) is 0 Å². The van der Waals surface area contributed by atoms with Gasteiger partial charge in [-0.15, -0.1) is 11.3 Å². The quantitative estimate of drug-likeness (QED) is 0.691. The number of aromatic hydroxyl groups is 1. The van der Waals surface area contributed by atoms with Gasteiger partial charge in [-0.05, 0) is 6.07 Å². The van der Waals surface area contributed by atoms with Crippen LogP contribution in [0.2, 0.25) is 0 Å². The van der Waals surface area contributed by atoms with Gasteiger partial charge in [-0.1, -0.05) is 11.3 Å². The molecule has 0 radical (unpaired) electrons. The summed E-state index contributed by atoms with van der Waals surface area (Å²) in [5.41, 5.74) is 8.06. The third kappa shape index (κ3) is 1.33. The number of nitrogens with zero attached hydrogens (tertiary/aromatic N) is 3. The molecule has 0 saturated carbocycles. The van der Waals surface area contributed by atoms with Gasteiger partial charge in [-0.2, -0.15) is 0 Å². The highest BCUT2D eigenvalue weighted by molar-refractivity contribution is 7.27. The second-order valence-electron chi connectivity index (χ2n) is 3.08. The molecule has 3 N–H and O–H groups in total. The molecule has 0 aliphatic heterocycles. The highest BCUT2D eigenvalue weighted by Crippen LogP contribution is 2.36. The molecule has 3 rings (SSSR count). The SMILES string of the molecule is Nc1ccnc(-c2nc3scnc3s2)c1O. The molecule has 3 heterocycles. The maximum absolute atomic E-state index is 9.78. The van der Waals surface area contributed by atoms with Gasteiger partial charge in [0, 0.05) is 6.20 Å².